The van der Waals surface area contributed by atoms with Crippen molar-refractivity contribution in [3.8, 4) is 11.5 Å². The van der Waals surface area contributed by atoms with Gasteiger partial charge in [-0.15, -0.1) is 0 Å². The average Bonchev–Trinajstić information content (AvgIpc) is 2.82. The number of para-hydroxylation sites is 1. The molecular formula is C14H15O3. The fraction of sp³-hybridized carbons (Fsp3) is 0.357. The summed E-state index contributed by atoms with van der Waals surface area (Å²) in [5.74, 6) is 1.71. The summed E-state index contributed by atoms with van der Waals surface area (Å²) in [6, 6.07) is 5.95. The number of benzene rings is 1. The third-order valence-corrected chi connectivity index (χ3v) is 2.64. The Morgan fingerprint density at radius 3 is 3.00 bits per heavy atom. The van der Waals surface area contributed by atoms with E-state index in [4.69, 9.17) is 9.47 Å². The van der Waals surface area contributed by atoms with E-state index in [9.17, 15) is 4.79 Å². The maximum absolute atomic E-state index is 10.00. The number of unbranched alkanes of at least 4 members (excludes halogenated alkanes) is 1. The molecule has 0 unspecified atom stereocenters. The largest absolute Gasteiger partial charge is 0.454 e. The van der Waals surface area contributed by atoms with Crippen molar-refractivity contribution in [3.05, 3.63) is 35.9 Å². The maximum Gasteiger partial charge on any atom is 0.231 e. The Balaban J connectivity index is 1.85. The molecule has 0 saturated heterocycles. The van der Waals surface area contributed by atoms with Crippen molar-refractivity contribution in [2.75, 3.05) is 6.79 Å². The number of hydrogen-bond acceptors (Lipinski definition) is 3. The molecule has 1 aromatic carbocycles. The lowest BCUT2D eigenvalue weighted by Gasteiger charge is -2.03. The number of hydrogen-bond donors (Lipinski definition) is 0. The van der Waals surface area contributed by atoms with Gasteiger partial charge >= 0.3 is 0 Å². The highest BCUT2D eigenvalue weighted by Gasteiger charge is 2.16. The first-order valence-electron chi connectivity index (χ1n) is 5.79. The van der Waals surface area contributed by atoms with Crippen LogP contribution >= 0.6 is 0 Å². The Bertz CT molecular complexity index is 410. The summed E-state index contributed by atoms with van der Waals surface area (Å²) in [4.78, 5) is 10.00. The summed E-state index contributed by atoms with van der Waals surface area (Å²) in [5, 5.41) is 0. The van der Waals surface area contributed by atoms with Crippen molar-refractivity contribution >= 4 is 6.29 Å². The Morgan fingerprint density at radius 1 is 1.24 bits per heavy atom. The molecule has 0 saturated carbocycles. The second-order valence-electron chi connectivity index (χ2n) is 3.84. The van der Waals surface area contributed by atoms with Crippen molar-refractivity contribution in [2.24, 2.45) is 0 Å². The molecule has 1 aromatic rings. The van der Waals surface area contributed by atoms with E-state index in [-0.39, 0.29) is 0 Å². The number of aryl methyl sites for hydroxylation is 1. The second-order valence-corrected chi connectivity index (χ2v) is 3.84. The molecule has 0 spiro atoms. The standard InChI is InChI=1S/C14H15O3/c15-10-5-3-1-2-4-7-12-8-6-9-13-14(12)17-11-16-13/h1-2,6,8-9H,3-5,7,11H2/b2-1+. The Kier molecular flexibility index (Phi) is 4.19. The SMILES string of the molecule is O=[C]CC/C=C/CCc1cccc2c1OCO2. The van der Waals surface area contributed by atoms with Gasteiger partial charge in [0.1, 0.15) is 0 Å². The molecule has 0 N–H and O–H groups in total. The highest BCUT2D eigenvalue weighted by Crippen LogP contribution is 2.35. The lowest BCUT2D eigenvalue weighted by Crippen LogP contribution is -1.94. The number of ether oxygens (including phenoxy) is 2. The van der Waals surface area contributed by atoms with Crippen LogP contribution in [0.25, 0.3) is 0 Å². The number of carbonyl (C=O) groups excluding carboxylic acids is 1. The molecule has 1 radical (unpaired) electrons. The minimum absolute atomic E-state index is 0.317. The van der Waals surface area contributed by atoms with E-state index < -0.39 is 0 Å². The predicted molar refractivity (Wildman–Crippen MR) is 65.0 cm³/mol. The molecule has 0 aromatic heterocycles. The smallest absolute Gasteiger partial charge is 0.231 e. The molecule has 0 bridgehead atoms. The minimum atomic E-state index is 0.317. The van der Waals surface area contributed by atoms with Gasteiger partial charge in [0.05, 0.1) is 0 Å². The van der Waals surface area contributed by atoms with Crippen molar-refractivity contribution < 1.29 is 14.3 Å². The van der Waals surface area contributed by atoms with Gasteiger partial charge in [-0.3, -0.25) is 4.79 Å². The zero-order valence-electron chi connectivity index (χ0n) is 9.65. The highest BCUT2D eigenvalue weighted by molar-refractivity contribution is 5.50. The third-order valence-electron chi connectivity index (χ3n) is 2.64. The van der Waals surface area contributed by atoms with Crippen molar-refractivity contribution in [1.29, 1.82) is 0 Å². The fourth-order valence-electron chi connectivity index (χ4n) is 1.80. The van der Waals surface area contributed by atoms with Gasteiger partial charge in [0, 0.05) is 6.42 Å². The predicted octanol–water partition coefficient (Wildman–Crippen LogP) is 2.79. The van der Waals surface area contributed by atoms with E-state index in [1.165, 1.54) is 5.56 Å². The first kappa shape index (κ1) is 11.7. The second kappa shape index (κ2) is 6.09. The molecule has 2 rings (SSSR count). The molecule has 1 heterocycles. The summed E-state index contributed by atoms with van der Waals surface area (Å²) < 4.78 is 10.7. The molecule has 89 valence electrons. The Hall–Kier alpha value is -1.77. The molecule has 0 aliphatic carbocycles. The van der Waals surface area contributed by atoms with Gasteiger partial charge in [0.2, 0.25) is 6.79 Å². The van der Waals surface area contributed by atoms with Gasteiger partial charge < -0.3 is 9.47 Å². The lowest BCUT2D eigenvalue weighted by atomic mass is 10.1. The van der Waals surface area contributed by atoms with Crippen LogP contribution < -0.4 is 9.47 Å². The van der Waals surface area contributed by atoms with Crippen molar-refractivity contribution in [2.45, 2.75) is 25.7 Å². The first-order valence-corrected chi connectivity index (χ1v) is 5.79. The highest BCUT2D eigenvalue weighted by atomic mass is 16.7. The summed E-state index contributed by atoms with van der Waals surface area (Å²) in [7, 11) is 0. The first-order chi connectivity index (χ1) is 8.42. The van der Waals surface area contributed by atoms with E-state index in [0.29, 0.717) is 13.2 Å². The van der Waals surface area contributed by atoms with Crippen LogP contribution in [0.5, 0.6) is 11.5 Å². The zero-order valence-corrected chi connectivity index (χ0v) is 9.65. The summed E-state index contributed by atoms with van der Waals surface area (Å²) in [6.07, 6.45) is 9.10. The monoisotopic (exact) mass is 231 g/mol. The Morgan fingerprint density at radius 2 is 2.12 bits per heavy atom. The average molecular weight is 231 g/mol. The number of rotatable bonds is 6. The summed E-state index contributed by atoms with van der Waals surface area (Å²) in [6.45, 7) is 0.317. The van der Waals surface area contributed by atoms with Crippen molar-refractivity contribution in [1.82, 2.24) is 0 Å². The van der Waals surface area contributed by atoms with E-state index >= 15 is 0 Å². The molecule has 17 heavy (non-hydrogen) atoms. The van der Waals surface area contributed by atoms with Crippen LogP contribution in [0.15, 0.2) is 30.4 Å². The van der Waals surface area contributed by atoms with Crippen LogP contribution in [0.2, 0.25) is 0 Å². The van der Waals surface area contributed by atoms with Gasteiger partial charge in [0.15, 0.2) is 17.8 Å². The molecule has 3 nitrogen and oxygen atoms in total. The normalized spacial score (nSPS) is 13.2. The van der Waals surface area contributed by atoms with Crippen molar-refractivity contribution in [3.63, 3.8) is 0 Å². The fourth-order valence-corrected chi connectivity index (χ4v) is 1.80. The number of fused-ring (bicyclic) bond motifs is 1. The quantitative estimate of drug-likeness (QED) is 0.558. The Labute approximate surface area is 101 Å². The molecular weight excluding hydrogens is 216 g/mol. The molecule has 1 aliphatic heterocycles. The molecule has 3 heteroatoms. The lowest BCUT2D eigenvalue weighted by molar-refractivity contribution is 0.173. The van der Waals surface area contributed by atoms with Gasteiger partial charge in [-0.25, -0.2) is 0 Å². The molecule has 0 atom stereocenters. The van der Waals surface area contributed by atoms with Crippen LogP contribution in [-0.4, -0.2) is 13.1 Å². The topological polar surface area (TPSA) is 35.5 Å². The van der Waals surface area contributed by atoms with E-state index in [1.807, 2.05) is 24.5 Å². The van der Waals surface area contributed by atoms with Gasteiger partial charge in [-0.2, -0.15) is 0 Å². The summed E-state index contributed by atoms with van der Waals surface area (Å²) in [5.41, 5.74) is 1.17. The van der Waals surface area contributed by atoms with Gasteiger partial charge in [-0.1, -0.05) is 24.3 Å². The third kappa shape index (κ3) is 3.09. The summed E-state index contributed by atoms with van der Waals surface area (Å²) >= 11 is 0. The zero-order chi connectivity index (χ0) is 11.9. The van der Waals surface area contributed by atoms with Crippen LogP contribution in [0.4, 0.5) is 0 Å². The van der Waals surface area contributed by atoms with E-state index in [0.717, 1.165) is 30.8 Å². The van der Waals surface area contributed by atoms with Crippen LogP contribution in [0, 0.1) is 0 Å². The van der Waals surface area contributed by atoms with Crippen LogP contribution in [-0.2, 0) is 11.2 Å². The number of allylic oxidation sites excluding steroid dienone is 2. The maximum atomic E-state index is 10.00. The van der Waals surface area contributed by atoms with E-state index in [2.05, 4.69) is 12.1 Å². The molecule has 1 aliphatic rings. The van der Waals surface area contributed by atoms with E-state index in [1.54, 1.807) is 0 Å². The van der Waals surface area contributed by atoms with Crippen LogP contribution in [0.1, 0.15) is 24.8 Å². The van der Waals surface area contributed by atoms with Gasteiger partial charge in [-0.05, 0) is 30.9 Å². The molecule has 0 amide bonds. The molecule has 0 fully saturated rings. The minimum Gasteiger partial charge on any atom is -0.454 e. The van der Waals surface area contributed by atoms with Crippen LogP contribution in [0.3, 0.4) is 0 Å². The van der Waals surface area contributed by atoms with Gasteiger partial charge in [0.25, 0.3) is 0 Å².